The predicted molar refractivity (Wildman–Crippen MR) is 99.4 cm³/mol. The monoisotopic (exact) mass is 313 g/mol. The van der Waals surface area contributed by atoms with Gasteiger partial charge in [0.2, 0.25) is 0 Å². The largest absolute Gasteiger partial charge is 0.314 e. The Bertz CT molecular complexity index is 220. The molecule has 1 saturated carbocycles. The third-order valence-electron chi connectivity index (χ3n) is 4.75. The van der Waals surface area contributed by atoms with Crippen molar-refractivity contribution in [1.29, 1.82) is 0 Å². The maximum absolute atomic E-state index is 3.78. The van der Waals surface area contributed by atoms with E-state index in [1.807, 2.05) is 0 Å². The molecule has 0 radical (unpaired) electrons. The van der Waals surface area contributed by atoms with Crippen molar-refractivity contribution in [3.63, 3.8) is 0 Å². The molecule has 1 aliphatic rings. The highest BCUT2D eigenvalue weighted by Gasteiger charge is 2.23. The normalized spacial score (nSPS) is 22.0. The summed E-state index contributed by atoms with van der Waals surface area (Å²) < 4.78 is 0. The number of unbranched alkanes of at least 4 members (excludes halogenated alkanes) is 9. The number of thioether (sulfide) groups is 1. The zero-order valence-corrected chi connectivity index (χ0v) is 15.5. The maximum Gasteiger partial charge on any atom is 0.00779 e. The quantitative estimate of drug-likeness (QED) is 0.385. The molecule has 1 aliphatic carbocycles. The van der Waals surface area contributed by atoms with Gasteiger partial charge in [0.05, 0.1) is 0 Å². The Morgan fingerprint density at radius 3 is 2.05 bits per heavy atom. The van der Waals surface area contributed by atoms with Gasteiger partial charge in [-0.05, 0) is 38.0 Å². The standard InChI is InChI=1S/C19H39NS/c1-3-5-6-7-8-9-10-11-12-13-16-20-18-14-15-19(17-18)21-4-2/h18-20H,3-17H2,1-2H3. The van der Waals surface area contributed by atoms with Crippen molar-refractivity contribution in [2.75, 3.05) is 12.3 Å². The Balaban J connectivity index is 1.77. The SMILES string of the molecule is CCCCCCCCCCCCNC1CCC(SCC)C1. The summed E-state index contributed by atoms with van der Waals surface area (Å²) in [6.07, 6.45) is 18.7. The molecule has 0 spiro atoms. The topological polar surface area (TPSA) is 12.0 Å². The van der Waals surface area contributed by atoms with Crippen LogP contribution in [0.1, 0.15) is 97.3 Å². The van der Waals surface area contributed by atoms with Gasteiger partial charge in [0.1, 0.15) is 0 Å². The van der Waals surface area contributed by atoms with Gasteiger partial charge in [0.25, 0.3) is 0 Å². The molecule has 0 aromatic heterocycles. The molecule has 2 heteroatoms. The van der Waals surface area contributed by atoms with E-state index in [0.717, 1.165) is 11.3 Å². The molecule has 126 valence electrons. The van der Waals surface area contributed by atoms with Crippen LogP contribution in [0.5, 0.6) is 0 Å². The van der Waals surface area contributed by atoms with Crippen LogP contribution in [0.2, 0.25) is 0 Å². The zero-order valence-electron chi connectivity index (χ0n) is 14.7. The van der Waals surface area contributed by atoms with Crippen LogP contribution in [0.3, 0.4) is 0 Å². The van der Waals surface area contributed by atoms with Gasteiger partial charge in [-0.15, -0.1) is 0 Å². The number of nitrogens with one attached hydrogen (secondary N) is 1. The van der Waals surface area contributed by atoms with Crippen LogP contribution in [0.4, 0.5) is 0 Å². The van der Waals surface area contributed by atoms with Gasteiger partial charge in [-0.2, -0.15) is 11.8 Å². The molecule has 0 aromatic rings. The minimum Gasteiger partial charge on any atom is -0.314 e. The van der Waals surface area contributed by atoms with Gasteiger partial charge in [0.15, 0.2) is 0 Å². The van der Waals surface area contributed by atoms with E-state index in [2.05, 4.69) is 30.9 Å². The lowest BCUT2D eigenvalue weighted by Gasteiger charge is -2.12. The molecule has 2 atom stereocenters. The highest BCUT2D eigenvalue weighted by Crippen LogP contribution is 2.29. The molecule has 1 fully saturated rings. The van der Waals surface area contributed by atoms with E-state index in [1.54, 1.807) is 0 Å². The van der Waals surface area contributed by atoms with Crippen molar-refractivity contribution in [3.8, 4) is 0 Å². The Morgan fingerprint density at radius 2 is 1.43 bits per heavy atom. The van der Waals surface area contributed by atoms with E-state index in [0.29, 0.717) is 0 Å². The van der Waals surface area contributed by atoms with Crippen LogP contribution >= 0.6 is 11.8 Å². The third kappa shape index (κ3) is 10.6. The second kappa shape index (κ2) is 13.9. The Kier molecular flexibility index (Phi) is 12.8. The van der Waals surface area contributed by atoms with Gasteiger partial charge in [0, 0.05) is 11.3 Å². The van der Waals surface area contributed by atoms with Crippen LogP contribution in [0.25, 0.3) is 0 Å². The summed E-state index contributed by atoms with van der Waals surface area (Å²) in [5, 5.41) is 4.73. The van der Waals surface area contributed by atoms with Crippen LogP contribution in [0.15, 0.2) is 0 Å². The number of hydrogen-bond donors (Lipinski definition) is 1. The van der Waals surface area contributed by atoms with E-state index in [-0.39, 0.29) is 0 Å². The summed E-state index contributed by atoms with van der Waals surface area (Å²) in [5.41, 5.74) is 0. The Labute approximate surface area is 138 Å². The van der Waals surface area contributed by atoms with Crippen LogP contribution in [0, 0.1) is 0 Å². The molecule has 1 rings (SSSR count). The highest BCUT2D eigenvalue weighted by molar-refractivity contribution is 7.99. The predicted octanol–water partition coefficient (Wildman–Crippen LogP) is 6.17. The molecule has 2 unspecified atom stereocenters. The van der Waals surface area contributed by atoms with Gasteiger partial charge in [-0.3, -0.25) is 0 Å². The fourth-order valence-corrected chi connectivity index (χ4v) is 4.57. The minimum atomic E-state index is 0.826. The summed E-state index contributed by atoms with van der Waals surface area (Å²) in [6, 6.07) is 0.826. The Morgan fingerprint density at radius 1 is 0.810 bits per heavy atom. The lowest BCUT2D eigenvalue weighted by molar-refractivity contribution is 0.494. The summed E-state index contributed by atoms with van der Waals surface area (Å²) >= 11 is 2.16. The number of rotatable bonds is 14. The fourth-order valence-electron chi connectivity index (χ4n) is 3.43. The summed E-state index contributed by atoms with van der Waals surface area (Å²) in [4.78, 5) is 0. The van der Waals surface area contributed by atoms with Gasteiger partial charge >= 0.3 is 0 Å². The molecule has 0 aromatic carbocycles. The van der Waals surface area contributed by atoms with Crippen molar-refractivity contribution >= 4 is 11.8 Å². The molecule has 0 heterocycles. The van der Waals surface area contributed by atoms with E-state index >= 15 is 0 Å². The minimum absolute atomic E-state index is 0.826. The van der Waals surface area contributed by atoms with Gasteiger partial charge < -0.3 is 5.32 Å². The van der Waals surface area contributed by atoms with Gasteiger partial charge in [-0.1, -0.05) is 71.6 Å². The summed E-state index contributed by atoms with van der Waals surface area (Å²) in [5.74, 6) is 1.29. The fraction of sp³-hybridized carbons (Fsp3) is 1.00. The van der Waals surface area contributed by atoms with E-state index in [4.69, 9.17) is 0 Å². The van der Waals surface area contributed by atoms with Crippen LogP contribution < -0.4 is 5.32 Å². The van der Waals surface area contributed by atoms with Crippen LogP contribution in [-0.4, -0.2) is 23.6 Å². The summed E-state index contributed by atoms with van der Waals surface area (Å²) in [6.45, 7) is 5.84. The molecule has 0 amide bonds. The first-order valence-electron chi connectivity index (χ1n) is 9.71. The van der Waals surface area contributed by atoms with E-state index < -0.39 is 0 Å². The van der Waals surface area contributed by atoms with Crippen LogP contribution in [-0.2, 0) is 0 Å². The van der Waals surface area contributed by atoms with Crippen molar-refractivity contribution in [2.24, 2.45) is 0 Å². The average Bonchev–Trinajstić information content (AvgIpc) is 2.93. The first-order valence-corrected chi connectivity index (χ1v) is 10.8. The smallest absolute Gasteiger partial charge is 0.00779 e. The first kappa shape index (κ1) is 19.4. The van der Waals surface area contributed by atoms with Gasteiger partial charge in [-0.25, -0.2) is 0 Å². The molecule has 0 aliphatic heterocycles. The van der Waals surface area contributed by atoms with E-state index in [1.165, 1.54) is 95.8 Å². The first-order chi connectivity index (χ1) is 10.4. The molecule has 21 heavy (non-hydrogen) atoms. The molecule has 0 bridgehead atoms. The molecular weight excluding hydrogens is 274 g/mol. The average molecular weight is 314 g/mol. The van der Waals surface area contributed by atoms with Crippen molar-refractivity contribution in [2.45, 2.75) is 109 Å². The van der Waals surface area contributed by atoms with Crippen molar-refractivity contribution in [1.82, 2.24) is 5.32 Å². The lowest BCUT2D eigenvalue weighted by Crippen LogP contribution is -2.27. The third-order valence-corrected chi connectivity index (χ3v) is 5.98. The maximum atomic E-state index is 3.78. The highest BCUT2D eigenvalue weighted by atomic mass is 32.2. The van der Waals surface area contributed by atoms with Crippen molar-refractivity contribution in [3.05, 3.63) is 0 Å². The molecule has 1 nitrogen and oxygen atoms in total. The summed E-state index contributed by atoms with van der Waals surface area (Å²) in [7, 11) is 0. The van der Waals surface area contributed by atoms with E-state index in [9.17, 15) is 0 Å². The molecular formula is C19H39NS. The molecule has 0 saturated heterocycles. The lowest BCUT2D eigenvalue weighted by atomic mass is 10.1. The second-order valence-corrected chi connectivity index (χ2v) is 8.30. The zero-order chi connectivity index (χ0) is 15.2. The van der Waals surface area contributed by atoms with Crippen molar-refractivity contribution < 1.29 is 0 Å². The molecule has 1 N–H and O–H groups in total. The number of hydrogen-bond acceptors (Lipinski definition) is 2. The Hall–Kier alpha value is 0.310. The second-order valence-electron chi connectivity index (χ2n) is 6.72.